The van der Waals surface area contributed by atoms with Crippen molar-refractivity contribution in [1.82, 2.24) is 15.1 Å². The van der Waals surface area contributed by atoms with Crippen LogP contribution in [0.1, 0.15) is 42.8 Å². The Balaban J connectivity index is 1.84. The van der Waals surface area contributed by atoms with Gasteiger partial charge in [-0.2, -0.15) is 5.10 Å². The number of rotatable bonds is 10. The Morgan fingerprint density at radius 2 is 1.77 bits per heavy atom. The number of methoxy groups -OCH3 is 1. The molecule has 31 heavy (non-hydrogen) atoms. The van der Waals surface area contributed by atoms with Gasteiger partial charge in [-0.1, -0.05) is 26.0 Å². The van der Waals surface area contributed by atoms with E-state index in [1.807, 2.05) is 11.6 Å². The highest BCUT2D eigenvalue weighted by Gasteiger charge is 2.14. The van der Waals surface area contributed by atoms with E-state index in [0.717, 1.165) is 29.1 Å². The van der Waals surface area contributed by atoms with Crippen LogP contribution < -0.4 is 10.6 Å². The van der Waals surface area contributed by atoms with Crippen LogP contribution in [0.5, 0.6) is 0 Å². The van der Waals surface area contributed by atoms with E-state index in [4.69, 9.17) is 0 Å². The molecule has 168 valence electrons. The Kier molecular flexibility index (Phi) is 8.78. The number of esters is 1. The molecule has 1 aromatic heterocycles. The maximum atomic E-state index is 12.4. The van der Waals surface area contributed by atoms with Crippen LogP contribution in [0, 0.1) is 19.8 Å². The van der Waals surface area contributed by atoms with Crippen LogP contribution in [-0.2, 0) is 38.5 Å². The van der Waals surface area contributed by atoms with Gasteiger partial charge in [0.1, 0.15) is 6.54 Å². The SMILES string of the molecule is COC(=O)CNC(=O)Cc1ccc(NC(=O)CCc2c(C)nn(CC(C)C)c2C)cc1. The van der Waals surface area contributed by atoms with Gasteiger partial charge in [-0.25, -0.2) is 0 Å². The van der Waals surface area contributed by atoms with Crippen molar-refractivity contribution >= 4 is 23.5 Å². The molecule has 2 N–H and O–H groups in total. The monoisotopic (exact) mass is 428 g/mol. The van der Waals surface area contributed by atoms with Crippen LogP contribution >= 0.6 is 0 Å². The minimum Gasteiger partial charge on any atom is -0.468 e. The fourth-order valence-corrected chi connectivity index (χ4v) is 3.28. The van der Waals surface area contributed by atoms with Crippen molar-refractivity contribution in [3.8, 4) is 0 Å². The van der Waals surface area contributed by atoms with Crippen molar-refractivity contribution in [2.45, 2.75) is 53.5 Å². The summed E-state index contributed by atoms with van der Waals surface area (Å²) in [4.78, 5) is 35.3. The number of anilines is 1. The standard InChI is InChI=1S/C23H32N4O4/c1-15(2)14-27-17(4)20(16(3)26-27)10-11-21(28)25-19-8-6-18(7-9-19)12-22(29)24-13-23(30)31-5/h6-9,15H,10-14H2,1-5H3,(H,24,29)(H,25,28). The van der Waals surface area contributed by atoms with E-state index in [1.165, 1.54) is 7.11 Å². The zero-order valence-electron chi connectivity index (χ0n) is 18.9. The summed E-state index contributed by atoms with van der Waals surface area (Å²) in [7, 11) is 1.27. The third-order valence-electron chi connectivity index (χ3n) is 4.93. The topological polar surface area (TPSA) is 102 Å². The first kappa shape index (κ1) is 24.1. The molecule has 0 aliphatic heterocycles. The number of hydrogen-bond donors (Lipinski definition) is 2. The number of ether oxygens (including phenoxy) is 1. The summed E-state index contributed by atoms with van der Waals surface area (Å²) in [5, 5.41) is 9.98. The summed E-state index contributed by atoms with van der Waals surface area (Å²) >= 11 is 0. The summed E-state index contributed by atoms with van der Waals surface area (Å²) in [6.45, 7) is 9.06. The van der Waals surface area contributed by atoms with Gasteiger partial charge < -0.3 is 15.4 Å². The number of aryl methyl sites for hydroxylation is 1. The molecule has 2 amide bonds. The first-order valence-electron chi connectivity index (χ1n) is 10.4. The van der Waals surface area contributed by atoms with E-state index in [0.29, 0.717) is 24.4 Å². The lowest BCUT2D eigenvalue weighted by molar-refractivity contribution is -0.141. The van der Waals surface area contributed by atoms with Crippen molar-refractivity contribution < 1.29 is 19.1 Å². The number of carbonyl (C=O) groups excluding carboxylic acids is 3. The largest absolute Gasteiger partial charge is 0.468 e. The predicted molar refractivity (Wildman–Crippen MR) is 119 cm³/mol. The Bertz CT molecular complexity index is 916. The van der Waals surface area contributed by atoms with E-state index in [2.05, 4.69) is 41.2 Å². The van der Waals surface area contributed by atoms with Crippen molar-refractivity contribution in [1.29, 1.82) is 0 Å². The number of hydrogen-bond acceptors (Lipinski definition) is 5. The van der Waals surface area contributed by atoms with Crippen molar-refractivity contribution in [3.63, 3.8) is 0 Å². The molecular formula is C23H32N4O4. The smallest absolute Gasteiger partial charge is 0.325 e. The van der Waals surface area contributed by atoms with Gasteiger partial charge >= 0.3 is 5.97 Å². The van der Waals surface area contributed by atoms with Crippen molar-refractivity contribution in [3.05, 3.63) is 46.8 Å². The molecule has 0 radical (unpaired) electrons. The number of benzene rings is 1. The molecule has 2 aromatic rings. The molecular weight excluding hydrogens is 396 g/mol. The molecule has 0 aliphatic carbocycles. The number of nitrogens with one attached hydrogen (secondary N) is 2. The summed E-state index contributed by atoms with van der Waals surface area (Å²) in [5.41, 5.74) is 4.68. The molecule has 8 heteroatoms. The minimum absolute atomic E-state index is 0.0704. The van der Waals surface area contributed by atoms with Gasteiger partial charge in [0, 0.05) is 24.3 Å². The predicted octanol–water partition coefficient (Wildman–Crippen LogP) is 2.56. The second-order valence-electron chi connectivity index (χ2n) is 8.00. The molecule has 0 atom stereocenters. The zero-order chi connectivity index (χ0) is 23.0. The van der Waals surface area contributed by atoms with Gasteiger partial charge in [0.25, 0.3) is 0 Å². The normalized spacial score (nSPS) is 10.8. The highest BCUT2D eigenvalue weighted by atomic mass is 16.5. The van der Waals surface area contributed by atoms with Crippen LogP contribution in [-0.4, -0.2) is 41.2 Å². The lowest BCUT2D eigenvalue weighted by Crippen LogP contribution is -2.31. The van der Waals surface area contributed by atoms with Gasteiger partial charge in [-0.15, -0.1) is 0 Å². The Morgan fingerprint density at radius 3 is 2.39 bits per heavy atom. The van der Waals surface area contributed by atoms with Crippen LogP contribution in [0.3, 0.4) is 0 Å². The zero-order valence-corrected chi connectivity index (χ0v) is 18.9. The second kappa shape index (κ2) is 11.3. The molecule has 0 spiro atoms. The number of amides is 2. The minimum atomic E-state index is -0.496. The highest BCUT2D eigenvalue weighted by molar-refractivity contribution is 5.91. The molecule has 0 saturated heterocycles. The maximum Gasteiger partial charge on any atom is 0.325 e. The Labute approximate surface area is 183 Å². The van der Waals surface area contributed by atoms with Gasteiger partial charge in [-0.05, 0) is 49.4 Å². The van der Waals surface area contributed by atoms with E-state index in [-0.39, 0.29) is 24.8 Å². The first-order chi connectivity index (χ1) is 14.7. The van der Waals surface area contributed by atoms with E-state index < -0.39 is 5.97 Å². The highest BCUT2D eigenvalue weighted by Crippen LogP contribution is 2.17. The first-order valence-corrected chi connectivity index (χ1v) is 10.4. The lowest BCUT2D eigenvalue weighted by atomic mass is 10.1. The van der Waals surface area contributed by atoms with Crippen molar-refractivity contribution in [2.24, 2.45) is 5.92 Å². The number of aromatic nitrogens is 2. The van der Waals surface area contributed by atoms with Gasteiger partial charge in [0.05, 0.1) is 19.2 Å². The van der Waals surface area contributed by atoms with Gasteiger partial charge in [0.2, 0.25) is 11.8 Å². The summed E-state index contributed by atoms with van der Waals surface area (Å²) < 4.78 is 6.50. The molecule has 0 aliphatic rings. The fourth-order valence-electron chi connectivity index (χ4n) is 3.28. The molecule has 0 saturated carbocycles. The van der Waals surface area contributed by atoms with Crippen LogP contribution in [0.2, 0.25) is 0 Å². The van der Waals surface area contributed by atoms with Crippen LogP contribution in [0.25, 0.3) is 0 Å². The van der Waals surface area contributed by atoms with Gasteiger partial charge in [0.15, 0.2) is 0 Å². The third kappa shape index (κ3) is 7.55. The Hall–Kier alpha value is -3.16. The quantitative estimate of drug-likeness (QED) is 0.566. The van der Waals surface area contributed by atoms with Crippen LogP contribution in [0.15, 0.2) is 24.3 Å². The molecule has 1 heterocycles. The molecule has 0 fully saturated rings. The number of carbonyl (C=O) groups is 3. The van der Waals surface area contributed by atoms with E-state index >= 15 is 0 Å². The second-order valence-corrected chi connectivity index (χ2v) is 8.00. The molecule has 1 aromatic carbocycles. The molecule has 8 nitrogen and oxygen atoms in total. The summed E-state index contributed by atoms with van der Waals surface area (Å²) in [5.74, 6) is -0.329. The van der Waals surface area contributed by atoms with E-state index in [9.17, 15) is 14.4 Å². The molecule has 0 bridgehead atoms. The van der Waals surface area contributed by atoms with Crippen molar-refractivity contribution in [2.75, 3.05) is 19.0 Å². The molecule has 2 rings (SSSR count). The van der Waals surface area contributed by atoms with Gasteiger partial charge in [-0.3, -0.25) is 19.1 Å². The lowest BCUT2D eigenvalue weighted by Gasteiger charge is -2.09. The maximum absolute atomic E-state index is 12.4. The molecule has 0 unspecified atom stereocenters. The summed E-state index contributed by atoms with van der Waals surface area (Å²) in [6.07, 6.45) is 1.15. The fraction of sp³-hybridized carbons (Fsp3) is 0.478. The average Bonchev–Trinajstić information content (AvgIpc) is 2.98. The average molecular weight is 429 g/mol. The third-order valence-corrected chi connectivity index (χ3v) is 4.93. The van der Waals surface area contributed by atoms with E-state index in [1.54, 1.807) is 24.3 Å². The van der Waals surface area contributed by atoms with Crippen LogP contribution in [0.4, 0.5) is 5.69 Å². The summed E-state index contributed by atoms with van der Waals surface area (Å²) in [6, 6.07) is 7.07. The number of nitrogens with zero attached hydrogens (tertiary/aromatic N) is 2. The Morgan fingerprint density at radius 1 is 1.10 bits per heavy atom.